The van der Waals surface area contributed by atoms with Crippen molar-refractivity contribution in [2.75, 3.05) is 7.05 Å². The van der Waals surface area contributed by atoms with Gasteiger partial charge in [0.25, 0.3) is 5.91 Å². The van der Waals surface area contributed by atoms with Crippen molar-refractivity contribution in [3.05, 3.63) is 60.0 Å². The zero-order valence-electron chi connectivity index (χ0n) is 14.2. The summed E-state index contributed by atoms with van der Waals surface area (Å²) in [6.07, 6.45) is 1.62. The molecule has 0 atom stereocenters. The minimum absolute atomic E-state index is 0.149. The third-order valence-electron chi connectivity index (χ3n) is 4.21. The number of fused-ring (bicyclic) bond motifs is 2. The third kappa shape index (κ3) is 2.61. The first-order valence-electron chi connectivity index (χ1n) is 8.07. The molecular weight excluding hydrogens is 332 g/mol. The first kappa shape index (κ1) is 16.0. The van der Waals surface area contributed by atoms with Crippen LogP contribution in [0.4, 0.5) is 0 Å². The molecule has 0 spiro atoms. The Labute approximate surface area is 149 Å². The Kier molecular flexibility index (Phi) is 3.73. The van der Waals surface area contributed by atoms with E-state index in [1.807, 2.05) is 0 Å². The second-order valence-corrected chi connectivity index (χ2v) is 5.88. The highest BCUT2D eigenvalue weighted by Gasteiger charge is 2.17. The Balaban J connectivity index is 1.76. The van der Waals surface area contributed by atoms with Crippen molar-refractivity contribution in [2.24, 2.45) is 0 Å². The van der Waals surface area contributed by atoms with Gasteiger partial charge in [-0.3, -0.25) is 9.78 Å². The number of hydrogen-bond donors (Lipinski definition) is 2. The molecule has 2 aromatic carbocycles. The minimum atomic E-state index is -0.185. The maximum Gasteiger partial charge on any atom is 0.255 e. The summed E-state index contributed by atoms with van der Waals surface area (Å²) in [7, 11) is 1.59. The van der Waals surface area contributed by atoms with E-state index in [2.05, 4.69) is 10.3 Å². The van der Waals surface area contributed by atoms with Gasteiger partial charge in [0.15, 0.2) is 0 Å². The zero-order valence-corrected chi connectivity index (χ0v) is 14.2. The lowest BCUT2D eigenvalue weighted by Gasteiger charge is -2.08. The van der Waals surface area contributed by atoms with E-state index in [0.29, 0.717) is 33.9 Å². The third-order valence-corrected chi connectivity index (χ3v) is 4.21. The number of benzene rings is 2. The smallest absolute Gasteiger partial charge is 0.255 e. The van der Waals surface area contributed by atoms with E-state index < -0.39 is 0 Å². The topological polar surface area (TPSA) is 84.6 Å². The summed E-state index contributed by atoms with van der Waals surface area (Å²) < 4.78 is 11.7. The van der Waals surface area contributed by atoms with Crippen LogP contribution in [-0.4, -0.2) is 23.0 Å². The normalized spacial score (nSPS) is 11.0. The first-order chi connectivity index (χ1) is 12.6. The number of pyridine rings is 1. The summed E-state index contributed by atoms with van der Waals surface area (Å²) in [5, 5.41) is 13.7. The number of furan rings is 1. The molecule has 0 aliphatic carbocycles. The van der Waals surface area contributed by atoms with Crippen LogP contribution in [0.2, 0.25) is 0 Å². The van der Waals surface area contributed by atoms with Crippen molar-refractivity contribution in [2.45, 2.75) is 6.92 Å². The van der Waals surface area contributed by atoms with Gasteiger partial charge >= 0.3 is 0 Å². The monoisotopic (exact) mass is 348 g/mol. The lowest BCUT2D eigenvalue weighted by molar-refractivity contribution is 0.0963. The Bertz CT molecular complexity index is 1150. The number of phenolic OH excluding ortho intramolecular Hbond substituents is 1. The molecule has 0 fully saturated rings. The van der Waals surface area contributed by atoms with E-state index in [4.69, 9.17) is 9.15 Å². The molecule has 6 nitrogen and oxygen atoms in total. The first-order valence-corrected chi connectivity index (χ1v) is 8.07. The number of aromatic nitrogens is 1. The van der Waals surface area contributed by atoms with Crippen LogP contribution < -0.4 is 10.1 Å². The molecule has 4 aromatic rings. The van der Waals surface area contributed by atoms with Gasteiger partial charge in [-0.25, -0.2) is 0 Å². The van der Waals surface area contributed by atoms with Gasteiger partial charge in [-0.05, 0) is 37.3 Å². The largest absolute Gasteiger partial charge is 0.508 e. The number of aryl methyl sites for hydroxylation is 1. The molecule has 0 bridgehead atoms. The minimum Gasteiger partial charge on any atom is -0.508 e. The predicted octanol–water partition coefficient (Wildman–Crippen LogP) is 4.15. The van der Waals surface area contributed by atoms with Gasteiger partial charge in [-0.1, -0.05) is 0 Å². The molecule has 1 amide bonds. The summed E-state index contributed by atoms with van der Waals surface area (Å²) in [5.74, 6) is 1.71. The maximum atomic E-state index is 12.0. The maximum absolute atomic E-state index is 12.0. The Hall–Kier alpha value is -3.54. The summed E-state index contributed by atoms with van der Waals surface area (Å²) >= 11 is 0. The second-order valence-electron chi connectivity index (χ2n) is 5.88. The van der Waals surface area contributed by atoms with Crippen LogP contribution in [0.5, 0.6) is 17.2 Å². The summed E-state index contributed by atoms with van der Waals surface area (Å²) in [4.78, 5) is 16.3. The van der Waals surface area contributed by atoms with Crippen LogP contribution in [0.15, 0.2) is 53.1 Å². The molecule has 26 heavy (non-hydrogen) atoms. The molecule has 130 valence electrons. The number of nitrogens with one attached hydrogen (secondary N) is 1. The molecule has 6 heteroatoms. The van der Waals surface area contributed by atoms with Crippen molar-refractivity contribution in [1.29, 1.82) is 0 Å². The van der Waals surface area contributed by atoms with Crippen LogP contribution in [0, 0.1) is 6.92 Å². The fourth-order valence-electron chi connectivity index (χ4n) is 3.00. The van der Waals surface area contributed by atoms with Crippen LogP contribution >= 0.6 is 0 Å². The van der Waals surface area contributed by atoms with Crippen molar-refractivity contribution in [1.82, 2.24) is 10.3 Å². The average Bonchev–Trinajstić information content (AvgIpc) is 2.96. The highest BCUT2D eigenvalue weighted by Crippen LogP contribution is 2.34. The van der Waals surface area contributed by atoms with Crippen molar-refractivity contribution < 1.29 is 19.1 Å². The van der Waals surface area contributed by atoms with Crippen LogP contribution in [0.1, 0.15) is 16.1 Å². The van der Waals surface area contributed by atoms with Crippen molar-refractivity contribution >= 4 is 27.8 Å². The number of rotatable bonds is 3. The van der Waals surface area contributed by atoms with E-state index in [1.54, 1.807) is 62.6 Å². The molecule has 0 unspecified atom stereocenters. The number of ether oxygens (including phenoxy) is 1. The zero-order chi connectivity index (χ0) is 18.3. The molecule has 4 rings (SSSR count). The Morgan fingerprint density at radius 2 is 1.96 bits per heavy atom. The summed E-state index contributed by atoms with van der Waals surface area (Å²) in [6.45, 7) is 1.76. The van der Waals surface area contributed by atoms with Gasteiger partial charge in [-0.15, -0.1) is 0 Å². The number of nitrogens with zero attached hydrogens (tertiary/aromatic N) is 1. The van der Waals surface area contributed by atoms with Gasteiger partial charge in [0.2, 0.25) is 0 Å². The standard InChI is InChI=1S/C20H16N2O4/c1-11-19(20(24)21-2)15-6-4-13(10-18(15)25-11)26-17-7-8-22-16-9-12(23)3-5-14(16)17/h3-10,23H,1-2H3,(H,21,24). The molecule has 0 radical (unpaired) electrons. The van der Waals surface area contributed by atoms with Gasteiger partial charge in [-0.2, -0.15) is 0 Å². The fraction of sp³-hybridized carbons (Fsp3) is 0.100. The molecule has 2 aromatic heterocycles. The van der Waals surface area contributed by atoms with Crippen molar-refractivity contribution in [3.8, 4) is 17.2 Å². The predicted molar refractivity (Wildman–Crippen MR) is 97.8 cm³/mol. The lowest BCUT2D eigenvalue weighted by Crippen LogP contribution is -2.18. The number of carbonyl (C=O) groups is 1. The SMILES string of the molecule is CNC(=O)c1c(C)oc2cc(Oc3ccnc4cc(O)ccc34)ccc12. The van der Waals surface area contributed by atoms with E-state index in [-0.39, 0.29) is 11.7 Å². The molecule has 2 N–H and O–H groups in total. The summed E-state index contributed by atoms with van der Waals surface area (Å²) in [6, 6.07) is 12.0. The highest BCUT2D eigenvalue weighted by atomic mass is 16.5. The number of carbonyl (C=O) groups excluding carboxylic acids is 1. The van der Waals surface area contributed by atoms with E-state index in [1.165, 1.54) is 0 Å². The number of amides is 1. The number of phenols is 1. The van der Waals surface area contributed by atoms with Crippen molar-refractivity contribution in [3.63, 3.8) is 0 Å². The number of aromatic hydroxyl groups is 1. The Morgan fingerprint density at radius 3 is 2.77 bits per heavy atom. The lowest BCUT2D eigenvalue weighted by atomic mass is 10.1. The van der Waals surface area contributed by atoms with Gasteiger partial charge in [0.05, 0.1) is 11.1 Å². The van der Waals surface area contributed by atoms with Gasteiger partial charge in [0.1, 0.15) is 28.6 Å². The molecule has 2 heterocycles. The van der Waals surface area contributed by atoms with Crippen LogP contribution in [-0.2, 0) is 0 Å². The fourth-order valence-corrected chi connectivity index (χ4v) is 3.00. The molecular formula is C20H16N2O4. The van der Waals surface area contributed by atoms with Gasteiger partial charge in [0, 0.05) is 36.1 Å². The van der Waals surface area contributed by atoms with Crippen LogP contribution in [0.3, 0.4) is 0 Å². The average molecular weight is 348 g/mol. The van der Waals surface area contributed by atoms with E-state index in [0.717, 1.165) is 10.8 Å². The highest BCUT2D eigenvalue weighted by molar-refractivity contribution is 6.07. The molecule has 0 aliphatic heterocycles. The van der Waals surface area contributed by atoms with Gasteiger partial charge < -0.3 is 19.6 Å². The van der Waals surface area contributed by atoms with Crippen LogP contribution in [0.25, 0.3) is 21.9 Å². The molecule has 0 saturated heterocycles. The number of hydrogen-bond acceptors (Lipinski definition) is 5. The quantitative estimate of drug-likeness (QED) is 0.581. The Morgan fingerprint density at radius 1 is 1.15 bits per heavy atom. The van der Waals surface area contributed by atoms with E-state index in [9.17, 15) is 9.90 Å². The molecule has 0 saturated carbocycles. The summed E-state index contributed by atoms with van der Waals surface area (Å²) in [5.41, 5.74) is 1.74. The molecule has 0 aliphatic rings. The second kappa shape index (κ2) is 6.07. The van der Waals surface area contributed by atoms with E-state index >= 15 is 0 Å².